The van der Waals surface area contributed by atoms with E-state index in [-0.39, 0.29) is 24.1 Å². The molecule has 0 unspecified atom stereocenters. The van der Waals surface area contributed by atoms with Crippen molar-refractivity contribution in [1.29, 1.82) is 0 Å². The Kier molecular flexibility index (Phi) is 13.5. The number of aryl methyl sites for hydroxylation is 2. The van der Waals surface area contributed by atoms with E-state index < -0.39 is 42.3 Å². The maximum absolute atomic E-state index is 15.3. The number of fused-ring (bicyclic) bond motifs is 1. The summed E-state index contributed by atoms with van der Waals surface area (Å²) in [6, 6.07) is 11.9. The van der Waals surface area contributed by atoms with E-state index in [9.17, 15) is 18.5 Å². The van der Waals surface area contributed by atoms with Crippen LogP contribution < -0.4 is 35.8 Å². The minimum atomic E-state index is -2.92. The van der Waals surface area contributed by atoms with Crippen molar-refractivity contribution in [2.75, 3.05) is 86.7 Å². The van der Waals surface area contributed by atoms with E-state index >= 15 is 8.78 Å². The van der Waals surface area contributed by atoms with Gasteiger partial charge in [0.25, 0.3) is 0 Å². The number of methoxy groups -OCH3 is 1. The number of benzene rings is 3. The smallest absolute Gasteiger partial charge is 0.234 e. The average molecular weight is 1020 g/mol. The van der Waals surface area contributed by atoms with Gasteiger partial charge in [0.1, 0.15) is 36.2 Å². The van der Waals surface area contributed by atoms with Crippen molar-refractivity contribution in [2.45, 2.75) is 71.1 Å². The molecule has 68 heavy (non-hydrogen) atoms. The number of pyridine rings is 1. The number of imide groups is 1. The topological polar surface area (TPSA) is 145 Å². The third-order valence-corrected chi connectivity index (χ3v) is 16.7. The lowest BCUT2D eigenvalue weighted by molar-refractivity contribution is -0.134. The highest BCUT2D eigenvalue weighted by Crippen LogP contribution is 2.46. The van der Waals surface area contributed by atoms with Gasteiger partial charge in [0.15, 0.2) is 0 Å². The van der Waals surface area contributed by atoms with Crippen molar-refractivity contribution in [1.82, 2.24) is 25.2 Å². The largest absolute Gasteiger partial charge is 0.494 e. The fraction of sp³-hybridized carbons (Fsp3) is 0.460. The molecule has 13 nitrogen and oxygen atoms in total. The van der Waals surface area contributed by atoms with Crippen molar-refractivity contribution >= 4 is 85.6 Å². The predicted molar refractivity (Wildman–Crippen MR) is 266 cm³/mol. The Hall–Kier alpha value is -5.25. The molecule has 18 heteroatoms. The van der Waals surface area contributed by atoms with Gasteiger partial charge in [-0.1, -0.05) is 6.92 Å². The third-order valence-electron chi connectivity index (χ3n) is 14.6. The Labute approximate surface area is 403 Å². The van der Waals surface area contributed by atoms with Crippen LogP contribution in [0.3, 0.4) is 0 Å². The molecule has 2 aromatic heterocycles. The molecule has 3 aromatic carbocycles. The number of hydrogen-bond donors (Lipinski definition) is 3. The van der Waals surface area contributed by atoms with Crippen molar-refractivity contribution in [3.63, 3.8) is 0 Å². The van der Waals surface area contributed by atoms with Crippen LogP contribution in [-0.2, 0) is 20.6 Å². The van der Waals surface area contributed by atoms with Gasteiger partial charge in [0.05, 0.1) is 40.1 Å². The molecule has 4 fully saturated rings. The molecule has 4 saturated heterocycles. The van der Waals surface area contributed by atoms with Crippen molar-refractivity contribution in [2.24, 2.45) is 11.3 Å². The molecule has 2 atom stereocenters. The summed E-state index contributed by atoms with van der Waals surface area (Å²) in [6.07, 6.45) is 8.04. The summed E-state index contributed by atoms with van der Waals surface area (Å²) in [7, 11) is -1.27. The van der Waals surface area contributed by atoms with E-state index in [1.54, 1.807) is 45.7 Å². The second-order valence-electron chi connectivity index (χ2n) is 19.3. The Balaban J connectivity index is 0.811. The number of ether oxygens (including phenoxy) is 1. The van der Waals surface area contributed by atoms with E-state index in [4.69, 9.17) is 9.72 Å². The molecule has 0 aliphatic carbocycles. The van der Waals surface area contributed by atoms with Gasteiger partial charge in [-0.3, -0.25) is 19.9 Å². The highest BCUT2D eigenvalue weighted by atomic mass is 79.9. The summed E-state index contributed by atoms with van der Waals surface area (Å²) in [5.41, 5.74) is 4.97. The van der Waals surface area contributed by atoms with Gasteiger partial charge in [-0.05, 0) is 148 Å². The Morgan fingerprint density at radius 3 is 2.29 bits per heavy atom. The second kappa shape index (κ2) is 19.3. The number of aromatic nitrogens is 3. The summed E-state index contributed by atoms with van der Waals surface area (Å²) >= 11 is 3.57. The standard InChI is InChI=1S/C50H58BrF3N9O4P/c1-6-31-21-41(58-49-55-26-35(51)47(60-49)57-40-9-8-39-34(46(40)68(4,5)66)24-36(52)29(2)56-39)43(67-3)25-42(31)62-19-14-50(15-20-62)12-17-61(18-13-50)27-30-11-16-63(28-30)32-22-37(53)45(38(54)23-32)33-7-10-44(64)59-48(33)65/h8-9,21-26,30,33H,6-7,10-20,27-28H2,1-5H3,(H,59,64,65)(H2,55,57,58,60)/t30-,33+/m0/s1. The molecule has 6 heterocycles. The Bertz CT molecular complexity index is 2810. The lowest BCUT2D eigenvalue weighted by atomic mass is 9.71. The van der Waals surface area contributed by atoms with Crippen LogP contribution in [0.25, 0.3) is 10.9 Å². The number of anilines is 6. The first-order valence-corrected chi connectivity index (χ1v) is 26.9. The predicted octanol–water partition coefficient (Wildman–Crippen LogP) is 9.55. The number of rotatable bonds is 12. The Morgan fingerprint density at radius 1 is 0.897 bits per heavy atom. The fourth-order valence-electron chi connectivity index (χ4n) is 10.8. The molecule has 5 aromatic rings. The number of nitrogens with zero attached hydrogens (tertiary/aromatic N) is 6. The molecule has 4 aliphatic heterocycles. The highest BCUT2D eigenvalue weighted by molar-refractivity contribution is 9.10. The van der Waals surface area contributed by atoms with E-state index in [0.29, 0.717) is 67.4 Å². The molecule has 9 rings (SSSR count). The molecule has 2 amide bonds. The maximum Gasteiger partial charge on any atom is 0.234 e. The lowest BCUT2D eigenvalue weighted by Gasteiger charge is -2.48. The third kappa shape index (κ3) is 9.80. The quantitative estimate of drug-likeness (QED) is 0.0809. The van der Waals surface area contributed by atoms with Gasteiger partial charge < -0.3 is 34.6 Å². The van der Waals surface area contributed by atoms with Crippen LogP contribution in [0.15, 0.2) is 53.1 Å². The second-order valence-corrected chi connectivity index (χ2v) is 23.3. The molecule has 3 N–H and O–H groups in total. The fourth-order valence-corrected chi connectivity index (χ4v) is 12.5. The van der Waals surface area contributed by atoms with Gasteiger partial charge >= 0.3 is 0 Å². The molecule has 0 radical (unpaired) electrons. The number of hydrogen-bond acceptors (Lipinski definition) is 12. The maximum atomic E-state index is 15.3. The summed E-state index contributed by atoms with van der Waals surface area (Å²) in [6.45, 7) is 13.4. The number of nitrogens with one attached hydrogen (secondary N) is 3. The van der Waals surface area contributed by atoms with E-state index in [1.807, 2.05) is 4.90 Å². The van der Waals surface area contributed by atoms with Crippen molar-refractivity contribution in [3.8, 4) is 5.75 Å². The number of likely N-dealkylation sites (tertiary alicyclic amines) is 1. The number of piperidine rings is 3. The molecule has 0 bridgehead atoms. The first-order chi connectivity index (χ1) is 32.5. The van der Waals surface area contributed by atoms with Crippen LogP contribution in [0.1, 0.15) is 74.6 Å². The Morgan fingerprint density at radius 2 is 1.62 bits per heavy atom. The normalized spacial score (nSPS) is 20.0. The van der Waals surface area contributed by atoms with Gasteiger partial charge in [-0.15, -0.1) is 0 Å². The van der Waals surface area contributed by atoms with Crippen LogP contribution >= 0.6 is 23.1 Å². The van der Waals surface area contributed by atoms with E-state index in [0.717, 1.165) is 89.2 Å². The minimum absolute atomic E-state index is 0.0603. The number of halogens is 4. The zero-order valence-corrected chi connectivity index (χ0v) is 41.6. The average Bonchev–Trinajstić information content (AvgIpc) is 3.77. The van der Waals surface area contributed by atoms with Crippen molar-refractivity contribution < 1.29 is 32.1 Å². The monoisotopic (exact) mass is 1020 g/mol. The van der Waals surface area contributed by atoms with Crippen LogP contribution in [0.4, 0.5) is 47.7 Å². The van der Waals surface area contributed by atoms with Gasteiger partial charge in [-0.25, -0.2) is 18.2 Å². The zero-order chi connectivity index (χ0) is 48.1. The number of carbonyl (C=O) groups excluding carboxylic acids is 2. The minimum Gasteiger partial charge on any atom is -0.494 e. The van der Waals surface area contributed by atoms with Crippen LogP contribution in [0, 0.1) is 35.7 Å². The molecule has 4 aliphatic rings. The van der Waals surface area contributed by atoms with Crippen LogP contribution in [0.2, 0.25) is 0 Å². The van der Waals surface area contributed by atoms with Gasteiger partial charge in [-0.2, -0.15) is 4.98 Å². The van der Waals surface area contributed by atoms with Crippen LogP contribution in [0.5, 0.6) is 5.75 Å². The summed E-state index contributed by atoms with van der Waals surface area (Å²) < 4.78 is 65.6. The van der Waals surface area contributed by atoms with E-state index in [2.05, 4.69) is 70.7 Å². The molecular formula is C50H58BrF3N9O4P. The highest BCUT2D eigenvalue weighted by Gasteiger charge is 2.39. The van der Waals surface area contributed by atoms with Crippen LogP contribution in [-0.4, -0.2) is 97.9 Å². The van der Waals surface area contributed by atoms with Crippen molar-refractivity contribution in [3.05, 3.63) is 87.4 Å². The SMILES string of the molecule is CCc1cc(Nc2ncc(Br)c(Nc3ccc4nc(C)c(F)cc4c3P(C)(C)=O)n2)c(OC)cc1N1CCC2(CCN(C[C@@H]3CCN(c4cc(F)c([C@H]5CCC(=O)NC5=O)c(F)c4)C3)CC2)CC1. The van der Waals surface area contributed by atoms with Gasteiger partial charge in [0, 0.05) is 79.0 Å². The molecule has 1 spiro atoms. The first kappa shape index (κ1) is 47.8. The van der Waals surface area contributed by atoms with Gasteiger partial charge in [0.2, 0.25) is 17.8 Å². The molecule has 360 valence electrons. The summed E-state index contributed by atoms with van der Waals surface area (Å²) in [5, 5.41) is 9.89. The number of carbonyl (C=O) groups is 2. The zero-order valence-electron chi connectivity index (χ0n) is 39.2. The summed E-state index contributed by atoms with van der Waals surface area (Å²) in [5.74, 6) is -2.20. The lowest BCUT2D eigenvalue weighted by Crippen LogP contribution is -2.48. The molecular weight excluding hydrogens is 958 g/mol. The number of amides is 2. The molecule has 0 saturated carbocycles. The summed E-state index contributed by atoms with van der Waals surface area (Å²) in [4.78, 5) is 44.8. The first-order valence-electron chi connectivity index (χ1n) is 23.5. The van der Waals surface area contributed by atoms with E-state index in [1.165, 1.54) is 23.8 Å².